The van der Waals surface area contributed by atoms with E-state index in [1.54, 1.807) is 0 Å². The van der Waals surface area contributed by atoms with E-state index >= 15 is 0 Å². The van der Waals surface area contributed by atoms with Crippen LogP contribution in [-0.2, 0) is 0 Å². The zero-order valence-electron chi connectivity index (χ0n) is 13.9. The molecule has 0 bridgehead atoms. The highest BCUT2D eigenvalue weighted by molar-refractivity contribution is 5.55. The van der Waals surface area contributed by atoms with E-state index in [0.29, 0.717) is 12.1 Å². The van der Waals surface area contributed by atoms with E-state index in [-0.39, 0.29) is 0 Å². The van der Waals surface area contributed by atoms with Crippen LogP contribution in [0.25, 0.3) is 0 Å². The fourth-order valence-electron chi connectivity index (χ4n) is 2.81. The van der Waals surface area contributed by atoms with Gasteiger partial charge in [-0.25, -0.2) is 0 Å². The summed E-state index contributed by atoms with van der Waals surface area (Å²) < 4.78 is 0. The summed E-state index contributed by atoms with van der Waals surface area (Å²) in [6, 6.07) is 9.86. The van der Waals surface area contributed by atoms with Crippen molar-refractivity contribution < 1.29 is 0 Å². The first-order valence-electron chi connectivity index (χ1n) is 8.18. The van der Waals surface area contributed by atoms with Gasteiger partial charge in [0.25, 0.3) is 0 Å². The maximum absolute atomic E-state index is 3.44. The van der Waals surface area contributed by atoms with E-state index in [1.807, 2.05) is 0 Å². The van der Waals surface area contributed by atoms with Gasteiger partial charge in [-0.15, -0.1) is 0 Å². The van der Waals surface area contributed by atoms with Crippen LogP contribution in [0.2, 0.25) is 0 Å². The summed E-state index contributed by atoms with van der Waals surface area (Å²) in [5, 5.41) is 3.44. The molecule has 0 spiro atoms. The number of unbranched alkanes of at least 4 members (excludes halogenated alkanes) is 2. The van der Waals surface area contributed by atoms with Gasteiger partial charge >= 0.3 is 0 Å². The maximum atomic E-state index is 3.44. The number of para-hydroxylation sites is 1. The third-order valence-electron chi connectivity index (χ3n) is 4.00. The number of nitrogens with zero attached hydrogens (tertiary/aromatic N) is 1. The normalized spacial score (nSPS) is 12.7. The third kappa shape index (κ3) is 4.52. The zero-order chi connectivity index (χ0) is 15.0. The fourth-order valence-corrected chi connectivity index (χ4v) is 2.81. The lowest BCUT2D eigenvalue weighted by Gasteiger charge is -2.33. The minimum Gasteiger partial charge on any atom is -0.369 e. The molecule has 0 heterocycles. The molecule has 1 N–H and O–H groups in total. The minimum atomic E-state index is 0.443. The molecule has 2 heteroatoms. The highest BCUT2D eigenvalue weighted by Crippen LogP contribution is 2.29. The second-order valence-corrected chi connectivity index (χ2v) is 5.80. The predicted octanol–water partition coefficient (Wildman–Crippen LogP) is 4.76. The lowest BCUT2D eigenvalue weighted by atomic mass is 10.0. The van der Waals surface area contributed by atoms with E-state index in [0.717, 1.165) is 13.0 Å². The van der Waals surface area contributed by atoms with E-state index in [2.05, 4.69) is 69.2 Å². The van der Waals surface area contributed by atoms with Gasteiger partial charge in [0.2, 0.25) is 0 Å². The smallest absolute Gasteiger partial charge is 0.0417 e. The summed E-state index contributed by atoms with van der Waals surface area (Å²) in [6.07, 6.45) is 4.99. The number of benzene rings is 1. The largest absolute Gasteiger partial charge is 0.369 e. The highest BCUT2D eigenvalue weighted by atomic mass is 15.2. The topological polar surface area (TPSA) is 15.3 Å². The van der Waals surface area contributed by atoms with Crippen molar-refractivity contribution in [2.24, 2.45) is 0 Å². The maximum Gasteiger partial charge on any atom is 0.0417 e. The standard InChI is InChI=1S/C18H32N2/c1-6-8-11-14-20(15(3)4)18-13-10-9-12-16(18)17(7-2)19-5/h9-10,12-13,15,17,19H,6-8,11,14H2,1-5H3. The molecule has 1 aromatic carbocycles. The fraction of sp³-hybridized carbons (Fsp3) is 0.667. The van der Waals surface area contributed by atoms with E-state index in [1.165, 1.54) is 30.5 Å². The lowest BCUT2D eigenvalue weighted by Crippen LogP contribution is -2.33. The van der Waals surface area contributed by atoms with Crippen molar-refractivity contribution in [3.8, 4) is 0 Å². The molecular weight excluding hydrogens is 244 g/mol. The van der Waals surface area contributed by atoms with Crippen molar-refractivity contribution in [3.63, 3.8) is 0 Å². The molecule has 0 aliphatic carbocycles. The van der Waals surface area contributed by atoms with Gasteiger partial charge in [-0.05, 0) is 45.4 Å². The van der Waals surface area contributed by atoms with Crippen LogP contribution in [0.1, 0.15) is 65.0 Å². The summed E-state index contributed by atoms with van der Waals surface area (Å²) in [5.74, 6) is 0. The molecule has 0 radical (unpaired) electrons. The molecule has 0 saturated heterocycles. The molecule has 0 amide bonds. The zero-order valence-corrected chi connectivity index (χ0v) is 13.9. The molecule has 0 aliphatic heterocycles. The Balaban J connectivity index is 3.00. The first-order valence-corrected chi connectivity index (χ1v) is 8.18. The van der Waals surface area contributed by atoms with E-state index in [4.69, 9.17) is 0 Å². The van der Waals surface area contributed by atoms with Crippen molar-refractivity contribution in [1.82, 2.24) is 5.32 Å². The Bertz CT molecular complexity index is 369. The summed E-state index contributed by atoms with van der Waals surface area (Å²) >= 11 is 0. The second-order valence-electron chi connectivity index (χ2n) is 5.80. The highest BCUT2D eigenvalue weighted by Gasteiger charge is 2.17. The SMILES string of the molecule is CCCCCN(c1ccccc1C(CC)NC)C(C)C. The Hall–Kier alpha value is -1.02. The minimum absolute atomic E-state index is 0.443. The molecular formula is C18H32N2. The van der Waals surface area contributed by atoms with Crippen LogP contribution in [-0.4, -0.2) is 19.6 Å². The van der Waals surface area contributed by atoms with Gasteiger partial charge in [0.15, 0.2) is 0 Å². The van der Waals surface area contributed by atoms with Gasteiger partial charge in [-0.3, -0.25) is 0 Å². The molecule has 1 atom stereocenters. The average molecular weight is 276 g/mol. The first kappa shape index (κ1) is 17.0. The van der Waals surface area contributed by atoms with Crippen LogP contribution in [0, 0.1) is 0 Å². The van der Waals surface area contributed by atoms with Crippen LogP contribution >= 0.6 is 0 Å². The monoisotopic (exact) mass is 276 g/mol. The van der Waals surface area contributed by atoms with Crippen molar-refractivity contribution in [2.45, 2.75) is 65.5 Å². The van der Waals surface area contributed by atoms with Gasteiger partial charge in [0.05, 0.1) is 0 Å². The van der Waals surface area contributed by atoms with E-state index in [9.17, 15) is 0 Å². The lowest BCUT2D eigenvalue weighted by molar-refractivity contribution is 0.566. The number of anilines is 1. The van der Waals surface area contributed by atoms with Crippen LogP contribution in [0.5, 0.6) is 0 Å². The van der Waals surface area contributed by atoms with Gasteiger partial charge in [0.1, 0.15) is 0 Å². The van der Waals surface area contributed by atoms with Crippen molar-refractivity contribution in [3.05, 3.63) is 29.8 Å². The number of hydrogen-bond acceptors (Lipinski definition) is 2. The Labute approximate surface area is 125 Å². The molecule has 2 nitrogen and oxygen atoms in total. The number of nitrogens with one attached hydrogen (secondary N) is 1. The van der Waals surface area contributed by atoms with Crippen LogP contribution in [0.3, 0.4) is 0 Å². The Morgan fingerprint density at radius 3 is 2.35 bits per heavy atom. The van der Waals surface area contributed by atoms with Gasteiger partial charge in [-0.1, -0.05) is 44.9 Å². The van der Waals surface area contributed by atoms with Crippen molar-refractivity contribution in [1.29, 1.82) is 0 Å². The van der Waals surface area contributed by atoms with Crippen LogP contribution in [0.15, 0.2) is 24.3 Å². The molecule has 114 valence electrons. The Morgan fingerprint density at radius 2 is 1.80 bits per heavy atom. The third-order valence-corrected chi connectivity index (χ3v) is 4.00. The summed E-state index contributed by atoms with van der Waals surface area (Å²) in [5.41, 5.74) is 2.84. The van der Waals surface area contributed by atoms with Crippen LogP contribution < -0.4 is 10.2 Å². The molecule has 1 unspecified atom stereocenters. The Morgan fingerprint density at radius 1 is 1.10 bits per heavy atom. The molecule has 1 rings (SSSR count). The van der Waals surface area contributed by atoms with Crippen LogP contribution in [0.4, 0.5) is 5.69 Å². The second kappa shape index (κ2) is 9.02. The molecule has 0 fully saturated rings. The molecule has 0 aromatic heterocycles. The number of hydrogen-bond donors (Lipinski definition) is 1. The van der Waals surface area contributed by atoms with Gasteiger partial charge in [-0.2, -0.15) is 0 Å². The molecule has 1 aromatic rings. The van der Waals surface area contributed by atoms with Crippen molar-refractivity contribution in [2.75, 3.05) is 18.5 Å². The number of rotatable bonds is 9. The average Bonchev–Trinajstić information content (AvgIpc) is 2.45. The quantitative estimate of drug-likeness (QED) is 0.654. The van der Waals surface area contributed by atoms with E-state index < -0.39 is 0 Å². The van der Waals surface area contributed by atoms with Gasteiger partial charge < -0.3 is 10.2 Å². The first-order chi connectivity index (χ1) is 9.65. The molecule has 0 saturated carbocycles. The molecule has 0 aliphatic rings. The predicted molar refractivity (Wildman–Crippen MR) is 90.5 cm³/mol. The van der Waals surface area contributed by atoms with Gasteiger partial charge in [0, 0.05) is 24.3 Å². The Kier molecular flexibility index (Phi) is 7.68. The summed E-state index contributed by atoms with van der Waals surface area (Å²) in [7, 11) is 2.06. The molecule has 20 heavy (non-hydrogen) atoms. The van der Waals surface area contributed by atoms with Crippen molar-refractivity contribution >= 4 is 5.69 Å². The summed E-state index contributed by atoms with van der Waals surface area (Å²) in [6.45, 7) is 10.3. The summed E-state index contributed by atoms with van der Waals surface area (Å²) in [4.78, 5) is 2.56.